The van der Waals surface area contributed by atoms with Gasteiger partial charge in [0.15, 0.2) is 0 Å². The van der Waals surface area contributed by atoms with Crippen LogP contribution >= 0.6 is 11.3 Å². The number of carboxylic acids is 1. The average molecular weight is 240 g/mol. The number of aromatic carboxylic acids is 1. The summed E-state index contributed by atoms with van der Waals surface area (Å²) in [6, 6.07) is 0.293. The summed E-state index contributed by atoms with van der Waals surface area (Å²) in [6.07, 6.45) is 3.75. The van der Waals surface area contributed by atoms with Gasteiger partial charge in [0, 0.05) is 0 Å². The zero-order chi connectivity index (χ0) is 11.7. The number of hydrogen-bond acceptors (Lipinski definition) is 4. The molecule has 0 radical (unpaired) electrons. The summed E-state index contributed by atoms with van der Waals surface area (Å²) in [5.41, 5.74) is 0. The van der Waals surface area contributed by atoms with Gasteiger partial charge in [-0.25, -0.2) is 9.78 Å². The van der Waals surface area contributed by atoms with E-state index in [2.05, 4.69) is 23.9 Å². The van der Waals surface area contributed by atoms with Crippen LogP contribution in [0.4, 0.5) is 0 Å². The Balaban J connectivity index is 2.18. The number of carboxylic acid groups (broad SMARTS) is 1. The van der Waals surface area contributed by atoms with E-state index < -0.39 is 5.97 Å². The Labute approximate surface area is 98.9 Å². The average Bonchev–Trinajstić information content (AvgIpc) is 2.70. The third-order valence-corrected chi connectivity index (χ3v) is 4.24. The minimum Gasteiger partial charge on any atom is -0.477 e. The van der Waals surface area contributed by atoms with E-state index in [4.69, 9.17) is 5.11 Å². The Morgan fingerprint density at radius 3 is 3.06 bits per heavy atom. The van der Waals surface area contributed by atoms with E-state index in [0.29, 0.717) is 16.8 Å². The molecule has 1 aromatic rings. The van der Waals surface area contributed by atoms with Crippen molar-refractivity contribution in [1.82, 2.24) is 9.88 Å². The van der Waals surface area contributed by atoms with Gasteiger partial charge in [-0.15, -0.1) is 11.3 Å². The van der Waals surface area contributed by atoms with Crippen LogP contribution in [0.5, 0.6) is 0 Å². The van der Waals surface area contributed by atoms with E-state index in [9.17, 15) is 4.79 Å². The van der Waals surface area contributed by atoms with E-state index in [-0.39, 0.29) is 0 Å². The van der Waals surface area contributed by atoms with E-state index in [0.717, 1.165) is 18.0 Å². The van der Waals surface area contributed by atoms with Crippen molar-refractivity contribution >= 4 is 17.3 Å². The quantitative estimate of drug-likeness (QED) is 0.861. The topological polar surface area (TPSA) is 53.4 Å². The van der Waals surface area contributed by atoms with Gasteiger partial charge in [0.25, 0.3) is 0 Å². The molecule has 0 aliphatic carbocycles. The predicted octanol–water partition coefficient (Wildman–Crippen LogP) is 2.24. The highest BCUT2D eigenvalue weighted by atomic mass is 32.1. The second-order valence-corrected chi connectivity index (χ2v) is 5.56. The SMILES string of the molecule is CC1CCN(C)C(c2ncc(C(=O)O)s2)C1. The Morgan fingerprint density at radius 2 is 2.44 bits per heavy atom. The zero-order valence-corrected chi connectivity index (χ0v) is 10.3. The summed E-state index contributed by atoms with van der Waals surface area (Å²) < 4.78 is 0. The van der Waals surface area contributed by atoms with Crippen LogP contribution in [0, 0.1) is 5.92 Å². The number of piperidine rings is 1. The maximum absolute atomic E-state index is 10.8. The van der Waals surface area contributed by atoms with Gasteiger partial charge in [0.05, 0.1) is 12.2 Å². The van der Waals surface area contributed by atoms with E-state index in [1.807, 2.05) is 0 Å². The van der Waals surface area contributed by atoms with Crippen molar-refractivity contribution in [3.8, 4) is 0 Å². The summed E-state index contributed by atoms with van der Waals surface area (Å²) in [5.74, 6) is -0.186. The van der Waals surface area contributed by atoms with Gasteiger partial charge in [-0.2, -0.15) is 0 Å². The first-order chi connectivity index (χ1) is 7.58. The highest BCUT2D eigenvalue weighted by Gasteiger charge is 2.27. The van der Waals surface area contributed by atoms with Crippen molar-refractivity contribution in [2.75, 3.05) is 13.6 Å². The normalized spacial score (nSPS) is 26.9. The molecule has 1 N–H and O–H groups in total. The van der Waals surface area contributed by atoms with Crippen molar-refractivity contribution in [2.45, 2.75) is 25.8 Å². The number of nitrogens with zero attached hydrogens (tertiary/aromatic N) is 2. The number of hydrogen-bond donors (Lipinski definition) is 1. The summed E-state index contributed by atoms with van der Waals surface area (Å²) >= 11 is 1.30. The summed E-state index contributed by atoms with van der Waals surface area (Å²) in [6.45, 7) is 3.31. The van der Waals surface area contributed by atoms with Crippen LogP contribution in [0.15, 0.2) is 6.20 Å². The lowest BCUT2D eigenvalue weighted by molar-refractivity contribution is 0.0702. The molecule has 4 nitrogen and oxygen atoms in total. The van der Waals surface area contributed by atoms with Crippen molar-refractivity contribution in [2.24, 2.45) is 5.92 Å². The van der Waals surface area contributed by atoms with Gasteiger partial charge in [-0.05, 0) is 32.4 Å². The molecule has 1 aliphatic heterocycles. The lowest BCUT2D eigenvalue weighted by Gasteiger charge is -2.34. The largest absolute Gasteiger partial charge is 0.477 e. The summed E-state index contributed by atoms with van der Waals surface area (Å²) in [4.78, 5) is 17.6. The third-order valence-electron chi connectivity index (χ3n) is 3.15. The first kappa shape index (κ1) is 11.5. The monoisotopic (exact) mass is 240 g/mol. The molecular weight excluding hydrogens is 224 g/mol. The molecule has 1 saturated heterocycles. The molecule has 2 heterocycles. The van der Waals surface area contributed by atoms with Crippen LogP contribution in [-0.2, 0) is 0 Å². The third kappa shape index (κ3) is 2.25. The van der Waals surface area contributed by atoms with Crippen molar-refractivity contribution in [3.63, 3.8) is 0 Å². The molecule has 0 aromatic carbocycles. The van der Waals surface area contributed by atoms with Gasteiger partial charge < -0.3 is 5.11 Å². The Kier molecular flexibility index (Phi) is 3.25. The molecule has 0 bridgehead atoms. The lowest BCUT2D eigenvalue weighted by atomic mass is 9.93. The molecule has 2 atom stereocenters. The minimum absolute atomic E-state index is 0.293. The number of aromatic nitrogens is 1. The molecular formula is C11H16N2O2S. The number of likely N-dealkylation sites (tertiary alicyclic amines) is 1. The fourth-order valence-electron chi connectivity index (χ4n) is 2.09. The van der Waals surface area contributed by atoms with Gasteiger partial charge in [-0.1, -0.05) is 6.92 Å². The van der Waals surface area contributed by atoms with Crippen LogP contribution in [0.1, 0.15) is 40.5 Å². The van der Waals surface area contributed by atoms with Gasteiger partial charge >= 0.3 is 5.97 Å². The second-order valence-electron chi connectivity index (χ2n) is 4.49. The molecule has 1 aliphatic rings. The van der Waals surface area contributed by atoms with Crippen molar-refractivity contribution < 1.29 is 9.90 Å². The van der Waals surface area contributed by atoms with Crippen molar-refractivity contribution in [3.05, 3.63) is 16.1 Å². The molecule has 2 rings (SSSR count). The van der Waals surface area contributed by atoms with E-state index >= 15 is 0 Å². The smallest absolute Gasteiger partial charge is 0.347 e. The van der Waals surface area contributed by atoms with Gasteiger partial charge in [-0.3, -0.25) is 4.90 Å². The predicted molar refractivity (Wildman–Crippen MR) is 62.8 cm³/mol. The Bertz CT molecular complexity index is 391. The van der Waals surface area contributed by atoms with Crippen LogP contribution in [0.25, 0.3) is 0 Å². The fraction of sp³-hybridized carbons (Fsp3) is 0.636. The maximum atomic E-state index is 10.8. The summed E-state index contributed by atoms with van der Waals surface area (Å²) in [5, 5.41) is 9.81. The number of carbonyl (C=O) groups is 1. The lowest BCUT2D eigenvalue weighted by Crippen LogP contribution is -2.32. The molecule has 5 heteroatoms. The van der Waals surface area contributed by atoms with Crippen molar-refractivity contribution in [1.29, 1.82) is 0 Å². The van der Waals surface area contributed by atoms with E-state index in [1.165, 1.54) is 24.0 Å². The van der Waals surface area contributed by atoms with Crippen LogP contribution in [-0.4, -0.2) is 34.6 Å². The summed E-state index contributed by atoms with van der Waals surface area (Å²) in [7, 11) is 2.08. The standard InChI is InChI=1S/C11H16N2O2S/c1-7-3-4-13(2)8(5-7)10-12-6-9(16-10)11(14)15/h6-8H,3-5H2,1-2H3,(H,14,15). The van der Waals surface area contributed by atoms with E-state index in [1.54, 1.807) is 0 Å². The molecule has 1 fully saturated rings. The highest BCUT2D eigenvalue weighted by molar-refractivity contribution is 7.13. The first-order valence-corrected chi connectivity index (χ1v) is 6.29. The van der Waals surface area contributed by atoms with Gasteiger partial charge in [0.1, 0.15) is 9.88 Å². The zero-order valence-electron chi connectivity index (χ0n) is 9.51. The number of thiazole rings is 1. The maximum Gasteiger partial charge on any atom is 0.347 e. The highest BCUT2D eigenvalue weighted by Crippen LogP contribution is 2.34. The van der Waals surface area contributed by atoms with Gasteiger partial charge in [0.2, 0.25) is 0 Å². The molecule has 0 saturated carbocycles. The molecule has 1 aromatic heterocycles. The minimum atomic E-state index is -0.879. The Hall–Kier alpha value is -0.940. The molecule has 0 spiro atoms. The van der Waals surface area contributed by atoms with Crippen LogP contribution in [0.3, 0.4) is 0 Å². The molecule has 88 valence electrons. The molecule has 16 heavy (non-hydrogen) atoms. The Morgan fingerprint density at radius 1 is 1.69 bits per heavy atom. The molecule has 0 amide bonds. The second kappa shape index (κ2) is 4.51. The molecule has 2 unspecified atom stereocenters. The fourth-order valence-corrected chi connectivity index (χ4v) is 3.02. The first-order valence-electron chi connectivity index (χ1n) is 5.47. The van der Waals surface area contributed by atoms with Crippen LogP contribution in [0.2, 0.25) is 0 Å². The number of rotatable bonds is 2. The van der Waals surface area contributed by atoms with Crippen LogP contribution < -0.4 is 0 Å².